The van der Waals surface area contributed by atoms with Crippen molar-refractivity contribution in [1.82, 2.24) is 19.5 Å². The zero-order valence-electron chi connectivity index (χ0n) is 21.4. The number of nitrogens with zero attached hydrogens (tertiary/aromatic N) is 5. The number of aromatic nitrogens is 4. The number of halogens is 1. The molecule has 2 unspecified atom stereocenters. The van der Waals surface area contributed by atoms with Crippen molar-refractivity contribution >= 4 is 29.0 Å². The second kappa shape index (κ2) is 9.44. The monoisotopic (exact) mass is 513 g/mol. The van der Waals surface area contributed by atoms with E-state index in [4.69, 9.17) is 14.7 Å². The molecule has 2 aromatic carbocycles. The van der Waals surface area contributed by atoms with Crippen molar-refractivity contribution in [2.75, 3.05) is 29.2 Å². The fraction of sp³-hybridized carbons (Fsp3) is 0.286. The Kier molecular flexibility index (Phi) is 5.94. The quantitative estimate of drug-likeness (QED) is 0.384. The van der Waals surface area contributed by atoms with E-state index >= 15 is 0 Å². The molecule has 9 nitrogen and oxygen atoms in total. The van der Waals surface area contributed by atoms with Gasteiger partial charge in [-0.05, 0) is 49.6 Å². The van der Waals surface area contributed by atoms with Crippen LogP contribution in [0.3, 0.4) is 0 Å². The summed E-state index contributed by atoms with van der Waals surface area (Å²) in [5.41, 5.74) is 4.91. The van der Waals surface area contributed by atoms with E-state index in [1.807, 2.05) is 42.8 Å². The van der Waals surface area contributed by atoms with Crippen molar-refractivity contribution in [1.29, 1.82) is 0 Å². The fourth-order valence-electron chi connectivity index (χ4n) is 5.40. The zero-order chi connectivity index (χ0) is 26.4. The van der Waals surface area contributed by atoms with Gasteiger partial charge in [-0.15, -0.1) is 0 Å². The lowest BCUT2D eigenvalue weighted by atomic mass is 9.90. The topological polar surface area (TPSA) is 97.2 Å². The molecule has 0 spiro atoms. The Morgan fingerprint density at radius 1 is 1.18 bits per heavy atom. The second-order valence-electron chi connectivity index (χ2n) is 9.55. The number of imidazole rings is 1. The van der Waals surface area contributed by atoms with Gasteiger partial charge in [0.2, 0.25) is 11.9 Å². The van der Waals surface area contributed by atoms with E-state index in [-0.39, 0.29) is 17.6 Å². The number of hydrogen-bond acceptors (Lipinski definition) is 7. The summed E-state index contributed by atoms with van der Waals surface area (Å²) in [5, 5.41) is 6.38. The normalized spacial score (nSPS) is 18.1. The van der Waals surface area contributed by atoms with Gasteiger partial charge in [-0.2, -0.15) is 4.98 Å². The van der Waals surface area contributed by atoms with Gasteiger partial charge in [0.25, 0.3) is 0 Å². The van der Waals surface area contributed by atoms with Crippen LogP contribution in [0.25, 0.3) is 5.69 Å². The standard InChI is InChI=1S/C28H28FN7O2/c1-4-21-24-26(36-12-11-20(25(36)27(37)33-24)17-5-7-18(29)8-6-17)34-28(32-21)31-19-9-10-22(23(13-19)38-3)35-14-16(2)30-15-35/h5-10,13-15,20,25H,4,11-12H2,1-3H3,(H,33,37)(H,31,32,34). The van der Waals surface area contributed by atoms with Gasteiger partial charge in [0, 0.05) is 30.4 Å². The van der Waals surface area contributed by atoms with Crippen LogP contribution in [-0.2, 0) is 11.2 Å². The van der Waals surface area contributed by atoms with Crippen molar-refractivity contribution in [2.24, 2.45) is 0 Å². The molecule has 1 fully saturated rings. The van der Waals surface area contributed by atoms with Gasteiger partial charge in [0.1, 0.15) is 23.3 Å². The van der Waals surface area contributed by atoms with Gasteiger partial charge in [-0.1, -0.05) is 19.1 Å². The number of amides is 1. The molecule has 2 atom stereocenters. The lowest BCUT2D eigenvalue weighted by Crippen LogP contribution is -2.47. The van der Waals surface area contributed by atoms with Crippen molar-refractivity contribution in [3.05, 3.63) is 77.8 Å². The molecule has 1 saturated heterocycles. The van der Waals surface area contributed by atoms with Gasteiger partial charge in [0.05, 0.1) is 30.5 Å². The molecule has 0 saturated carbocycles. The summed E-state index contributed by atoms with van der Waals surface area (Å²) in [6.07, 6.45) is 5.08. The third-order valence-electron chi connectivity index (χ3n) is 7.21. The maximum atomic E-state index is 13.5. The minimum absolute atomic E-state index is 0.0520. The molecule has 194 valence electrons. The Morgan fingerprint density at radius 2 is 2.00 bits per heavy atom. The lowest BCUT2D eigenvalue weighted by Gasteiger charge is -2.35. The van der Waals surface area contributed by atoms with Gasteiger partial charge >= 0.3 is 0 Å². The highest BCUT2D eigenvalue weighted by atomic mass is 19.1. The molecule has 0 bridgehead atoms. The van der Waals surface area contributed by atoms with Crippen LogP contribution in [0.15, 0.2) is 55.0 Å². The number of carbonyl (C=O) groups is 1. The SMILES string of the molecule is CCc1nc(Nc2ccc(-n3cnc(C)c3)c(OC)c2)nc2c1NC(=O)C1C(c3ccc(F)cc3)CCN21. The molecule has 2 aromatic heterocycles. The molecule has 4 aromatic rings. The molecule has 10 heteroatoms. The van der Waals surface area contributed by atoms with Crippen LogP contribution < -0.4 is 20.3 Å². The van der Waals surface area contributed by atoms with E-state index < -0.39 is 6.04 Å². The Labute approximate surface area is 219 Å². The van der Waals surface area contributed by atoms with E-state index in [9.17, 15) is 9.18 Å². The average Bonchev–Trinajstić information content (AvgIpc) is 3.56. The molecule has 2 aliphatic rings. The third-order valence-corrected chi connectivity index (χ3v) is 7.21. The number of aryl methyl sites for hydroxylation is 2. The maximum absolute atomic E-state index is 13.5. The molecule has 0 aliphatic carbocycles. The third kappa shape index (κ3) is 4.11. The molecule has 2 aliphatic heterocycles. The predicted octanol–water partition coefficient (Wildman–Crippen LogP) is 4.74. The summed E-state index contributed by atoms with van der Waals surface area (Å²) in [6, 6.07) is 11.8. The first kappa shape index (κ1) is 23.9. The van der Waals surface area contributed by atoms with Crippen LogP contribution in [0.4, 0.5) is 27.5 Å². The lowest BCUT2D eigenvalue weighted by molar-refractivity contribution is -0.117. The van der Waals surface area contributed by atoms with Crippen molar-refractivity contribution in [3.63, 3.8) is 0 Å². The Balaban J connectivity index is 1.33. The van der Waals surface area contributed by atoms with Gasteiger partial charge in [0.15, 0.2) is 5.82 Å². The predicted molar refractivity (Wildman–Crippen MR) is 143 cm³/mol. The summed E-state index contributed by atoms with van der Waals surface area (Å²) < 4.78 is 21.1. The minimum atomic E-state index is -0.418. The smallest absolute Gasteiger partial charge is 0.247 e. The first-order valence-electron chi connectivity index (χ1n) is 12.6. The van der Waals surface area contributed by atoms with Crippen LogP contribution in [-0.4, -0.2) is 45.1 Å². The molecule has 2 N–H and O–H groups in total. The number of hydrogen-bond donors (Lipinski definition) is 2. The molecule has 4 heterocycles. The van der Waals surface area contributed by atoms with Crippen LogP contribution in [0, 0.1) is 12.7 Å². The summed E-state index contributed by atoms with van der Waals surface area (Å²) in [5.74, 6) is 1.39. The summed E-state index contributed by atoms with van der Waals surface area (Å²) in [7, 11) is 1.63. The number of nitrogens with one attached hydrogen (secondary N) is 2. The van der Waals surface area contributed by atoms with Gasteiger partial charge in [-0.25, -0.2) is 14.4 Å². The highest BCUT2D eigenvalue weighted by molar-refractivity contribution is 6.04. The number of ether oxygens (including phenoxy) is 1. The van der Waals surface area contributed by atoms with E-state index in [1.165, 1.54) is 12.1 Å². The summed E-state index contributed by atoms with van der Waals surface area (Å²) in [4.78, 5) is 29.2. The number of methoxy groups -OCH3 is 1. The Morgan fingerprint density at radius 3 is 2.71 bits per heavy atom. The van der Waals surface area contributed by atoms with Crippen LogP contribution >= 0.6 is 0 Å². The Hall–Kier alpha value is -4.47. The molecule has 6 rings (SSSR count). The molecular weight excluding hydrogens is 485 g/mol. The highest BCUT2D eigenvalue weighted by Crippen LogP contribution is 2.43. The highest BCUT2D eigenvalue weighted by Gasteiger charge is 2.45. The van der Waals surface area contributed by atoms with Crippen LogP contribution in [0.5, 0.6) is 5.75 Å². The average molecular weight is 514 g/mol. The molecule has 1 amide bonds. The zero-order valence-corrected chi connectivity index (χ0v) is 21.4. The summed E-state index contributed by atoms with van der Waals surface area (Å²) >= 11 is 0. The molecular formula is C28H28FN7O2. The second-order valence-corrected chi connectivity index (χ2v) is 9.55. The number of carbonyl (C=O) groups excluding carboxylic acids is 1. The summed E-state index contributed by atoms with van der Waals surface area (Å²) in [6.45, 7) is 4.60. The largest absolute Gasteiger partial charge is 0.494 e. The van der Waals surface area contributed by atoms with E-state index in [2.05, 4.69) is 20.5 Å². The van der Waals surface area contributed by atoms with Crippen molar-refractivity contribution in [2.45, 2.75) is 38.6 Å². The fourth-order valence-corrected chi connectivity index (χ4v) is 5.40. The first-order valence-corrected chi connectivity index (χ1v) is 12.6. The molecule has 38 heavy (non-hydrogen) atoms. The van der Waals surface area contributed by atoms with E-state index in [1.54, 1.807) is 25.6 Å². The van der Waals surface area contributed by atoms with Gasteiger partial charge in [-0.3, -0.25) is 4.79 Å². The first-order chi connectivity index (χ1) is 18.4. The number of anilines is 4. The Bertz CT molecular complexity index is 1520. The molecule has 0 radical (unpaired) electrons. The number of benzene rings is 2. The van der Waals surface area contributed by atoms with Crippen molar-refractivity contribution in [3.8, 4) is 11.4 Å². The van der Waals surface area contributed by atoms with Crippen LogP contribution in [0.1, 0.15) is 36.2 Å². The maximum Gasteiger partial charge on any atom is 0.247 e. The van der Waals surface area contributed by atoms with E-state index in [0.717, 1.165) is 34.7 Å². The number of fused-ring (bicyclic) bond motifs is 3. The number of rotatable bonds is 6. The van der Waals surface area contributed by atoms with Crippen molar-refractivity contribution < 1.29 is 13.9 Å². The van der Waals surface area contributed by atoms with Gasteiger partial charge < -0.3 is 24.8 Å². The van der Waals surface area contributed by atoms with E-state index in [0.29, 0.717) is 36.2 Å². The van der Waals surface area contributed by atoms with Crippen LogP contribution in [0.2, 0.25) is 0 Å². The minimum Gasteiger partial charge on any atom is -0.494 e.